The summed E-state index contributed by atoms with van der Waals surface area (Å²) >= 11 is 0. The van der Waals surface area contributed by atoms with Gasteiger partial charge in [-0.1, -0.05) is 0 Å². The second kappa shape index (κ2) is 8.35. The van der Waals surface area contributed by atoms with Crippen LogP contribution in [0.1, 0.15) is 23.0 Å². The molecule has 2 aromatic rings. The fourth-order valence-corrected chi connectivity index (χ4v) is 4.50. The standard InChI is InChI=1S/C17H17F3N6O7S/c1-16(6-34(31,32)26(2)15(21)25-16)11-12(19)7(18)3-8(13(11)20)24-14(27)9-4-23-10(5-22-9)33-17(28,29)30/h3-5,28-30H,6H2,1-2H3,(H2,21,25)(H,24,27)/t16-/m0/s1. The molecule has 1 aliphatic rings. The van der Waals surface area contributed by atoms with E-state index in [-0.39, 0.29) is 0 Å². The molecule has 0 spiro atoms. The maximum Gasteiger partial charge on any atom is 0.454 e. The number of nitrogens with one attached hydrogen (secondary N) is 1. The lowest BCUT2D eigenvalue weighted by molar-refractivity contribution is -0.420. The van der Waals surface area contributed by atoms with Crippen molar-refractivity contribution in [3.8, 4) is 5.88 Å². The lowest BCUT2D eigenvalue weighted by Crippen LogP contribution is -2.50. The van der Waals surface area contributed by atoms with E-state index in [1.165, 1.54) is 0 Å². The number of sulfonamides is 1. The van der Waals surface area contributed by atoms with Crippen molar-refractivity contribution >= 4 is 27.6 Å². The number of carbonyl (C=O) groups excluding carboxylic acids is 1. The lowest BCUT2D eigenvalue weighted by Gasteiger charge is -2.35. The molecule has 3 rings (SSSR count). The number of guanidine groups is 1. The summed E-state index contributed by atoms with van der Waals surface area (Å²) in [6.07, 6.45) is -2.14. The number of nitrogens with zero attached hydrogens (tertiary/aromatic N) is 4. The van der Waals surface area contributed by atoms with E-state index in [0.29, 0.717) is 16.6 Å². The molecule has 0 saturated heterocycles. The first-order chi connectivity index (χ1) is 15.5. The van der Waals surface area contributed by atoms with Gasteiger partial charge in [-0.3, -0.25) is 4.79 Å². The molecule has 0 aliphatic carbocycles. The molecule has 13 nitrogen and oxygen atoms in total. The smallest absolute Gasteiger partial charge is 0.397 e. The Kier molecular flexibility index (Phi) is 6.16. The SMILES string of the molecule is CN1C(N)=N[C@](C)(c2c(F)c(F)cc(NC(=O)c3cnc(OC(O)(O)O)cn3)c2F)CS1(=O)=O. The normalized spacial score (nSPS) is 20.0. The van der Waals surface area contributed by atoms with Gasteiger partial charge in [-0.2, -0.15) is 0 Å². The number of aliphatic imine (C=N–C) groups is 1. The van der Waals surface area contributed by atoms with Crippen molar-refractivity contribution in [1.29, 1.82) is 0 Å². The zero-order valence-corrected chi connectivity index (χ0v) is 18.1. The van der Waals surface area contributed by atoms with Crippen molar-refractivity contribution in [2.24, 2.45) is 10.7 Å². The molecule has 0 radical (unpaired) electrons. The number of aromatic nitrogens is 2. The highest BCUT2D eigenvalue weighted by Gasteiger charge is 2.44. The summed E-state index contributed by atoms with van der Waals surface area (Å²) in [5, 5.41) is 28.1. The largest absolute Gasteiger partial charge is 0.454 e. The molecule has 0 saturated carbocycles. The Morgan fingerprint density at radius 3 is 2.41 bits per heavy atom. The van der Waals surface area contributed by atoms with Crippen LogP contribution in [0.2, 0.25) is 0 Å². The van der Waals surface area contributed by atoms with Gasteiger partial charge >= 0.3 is 6.16 Å². The van der Waals surface area contributed by atoms with Gasteiger partial charge in [-0.15, -0.1) is 0 Å². The number of hydrogen-bond acceptors (Lipinski definition) is 11. The Labute approximate surface area is 189 Å². The first-order valence-corrected chi connectivity index (χ1v) is 10.6. The number of ether oxygens (including phenoxy) is 1. The third-order valence-corrected chi connectivity index (χ3v) is 6.56. The zero-order chi connectivity index (χ0) is 25.6. The third kappa shape index (κ3) is 4.86. The Balaban J connectivity index is 1.99. The van der Waals surface area contributed by atoms with Gasteiger partial charge in [0, 0.05) is 13.1 Å². The number of amides is 1. The fourth-order valence-electron chi connectivity index (χ4n) is 3.06. The van der Waals surface area contributed by atoms with Crippen LogP contribution in [-0.2, 0) is 15.6 Å². The van der Waals surface area contributed by atoms with Crippen LogP contribution >= 0.6 is 0 Å². The number of carbonyl (C=O) groups is 1. The van der Waals surface area contributed by atoms with Gasteiger partial charge in [0.15, 0.2) is 17.5 Å². The number of hydrogen-bond donors (Lipinski definition) is 5. The summed E-state index contributed by atoms with van der Waals surface area (Å²) in [7, 11) is -3.08. The minimum Gasteiger partial charge on any atom is -0.397 e. The molecule has 1 aromatic carbocycles. The Bertz CT molecular complexity index is 1280. The summed E-state index contributed by atoms with van der Waals surface area (Å²) < 4.78 is 73.7. The number of anilines is 1. The highest BCUT2D eigenvalue weighted by molar-refractivity contribution is 7.89. The Hall–Kier alpha value is -3.54. The van der Waals surface area contributed by atoms with E-state index in [1.54, 1.807) is 0 Å². The van der Waals surface area contributed by atoms with Gasteiger partial charge in [0.25, 0.3) is 5.91 Å². The van der Waals surface area contributed by atoms with Crippen LogP contribution in [0, 0.1) is 17.5 Å². The van der Waals surface area contributed by atoms with Gasteiger partial charge in [0.2, 0.25) is 21.9 Å². The van der Waals surface area contributed by atoms with Crippen LogP contribution in [0.3, 0.4) is 0 Å². The quantitative estimate of drug-likeness (QED) is 0.245. The predicted molar refractivity (Wildman–Crippen MR) is 107 cm³/mol. The van der Waals surface area contributed by atoms with E-state index >= 15 is 4.39 Å². The first kappa shape index (κ1) is 25.1. The summed E-state index contributed by atoms with van der Waals surface area (Å²) in [4.78, 5) is 23.2. The predicted octanol–water partition coefficient (Wildman–Crippen LogP) is -1.08. The van der Waals surface area contributed by atoms with Gasteiger partial charge in [0.1, 0.15) is 11.2 Å². The van der Waals surface area contributed by atoms with Gasteiger partial charge in [-0.05, 0) is 6.92 Å². The molecule has 1 amide bonds. The van der Waals surface area contributed by atoms with E-state index in [9.17, 15) is 22.0 Å². The van der Waals surface area contributed by atoms with E-state index < -0.39 is 79.6 Å². The second-order valence-corrected chi connectivity index (χ2v) is 9.25. The monoisotopic (exact) mass is 506 g/mol. The Morgan fingerprint density at radius 2 is 1.88 bits per heavy atom. The number of nitrogens with two attached hydrogens (primary N) is 1. The van der Waals surface area contributed by atoms with E-state index in [0.717, 1.165) is 20.2 Å². The molecule has 17 heteroatoms. The zero-order valence-electron chi connectivity index (χ0n) is 17.3. The van der Waals surface area contributed by atoms with Crippen molar-refractivity contribution in [3.05, 3.63) is 47.2 Å². The molecule has 0 unspecified atom stereocenters. The number of rotatable bonds is 5. The van der Waals surface area contributed by atoms with E-state index in [1.807, 2.05) is 5.32 Å². The van der Waals surface area contributed by atoms with Crippen LogP contribution in [0.25, 0.3) is 0 Å². The highest BCUT2D eigenvalue weighted by atomic mass is 32.2. The minimum atomic E-state index is -4.16. The molecule has 1 aromatic heterocycles. The van der Waals surface area contributed by atoms with Crippen molar-refractivity contribution in [3.63, 3.8) is 0 Å². The maximum absolute atomic E-state index is 15.3. The molecule has 1 atom stereocenters. The third-order valence-electron chi connectivity index (χ3n) is 4.61. The van der Waals surface area contributed by atoms with Crippen LogP contribution in [0.4, 0.5) is 18.9 Å². The van der Waals surface area contributed by atoms with Gasteiger partial charge in [0.05, 0.1) is 29.4 Å². The summed E-state index contributed by atoms with van der Waals surface area (Å²) in [6, 6.07) is 0.328. The minimum absolute atomic E-state index is 0.328. The van der Waals surface area contributed by atoms with Crippen molar-refractivity contribution in [2.75, 3.05) is 18.1 Å². The number of aliphatic hydroxyl groups is 3. The first-order valence-electron chi connectivity index (χ1n) is 9.03. The van der Waals surface area contributed by atoms with Crippen molar-refractivity contribution in [1.82, 2.24) is 14.3 Å². The summed E-state index contributed by atoms with van der Waals surface area (Å²) in [5.74, 6) is -8.16. The molecule has 6 N–H and O–H groups in total. The lowest BCUT2D eigenvalue weighted by atomic mass is 9.92. The van der Waals surface area contributed by atoms with Crippen LogP contribution < -0.4 is 15.8 Å². The molecule has 0 bridgehead atoms. The molecular formula is C17H17F3N6O7S. The molecule has 0 fully saturated rings. The van der Waals surface area contributed by atoms with Crippen molar-refractivity contribution < 1.29 is 46.4 Å². The second-order valence-electron chi connectivity index (χ2n) is 7.25. The topological polar surface area (TPSA) is 201 Å². The fraction of sp³-hybridized carbons (Fsp3) is 0.294. The number of benzene rings is 1. The number of halogens is 3. The molecule has 2 heterocycles. The highest BCUT2D eigenvalue weighted by Crippen LogP contribution is 2.38. The van der Waals surface area contributed by atoms with Crippen LogP contribution in [0.15, 0.2) is 23.5 Å². The van der Waals surface area contributed by atoms with Crippen LogP contribution in [-0.4, -0.2) is 68.8 Å². The average Bonchev–Trinajstić information content (AvgIpc) is 2.69. The van der Waals surface area contributed by atoms with E-state index in [4.69, 9.17) is 21.1 Å². The summed E-state index contributed by atoms with van der Waals surface area (Å²) in [5.41, 5.74) is 0.939. The van der Waals surface area contributed by atoms with Crippen LogP contribution in [0.5, 0.6) is 5.88 Å². The van der Waals surface area contributed by atoms with Gasteiger partial charge < -0.3 is 31.1 Å². The Morgan fingerprint density at radius 1 is 1.24 bits per heavy atom. The molecule has 184 valence electrons. The van der Waals surface area contributed by atoms with Crippen molar-refractivity contribution in [2.45, 2.75) is 18.6 Å². The maximum atomic E-state index is 15.3. The average molecular weight is 506 g/mol. The van der Waals surface area contributed by atoms with E-state index in [2.05, 4.69) is 19.7 Å². The summed E-state index contributed by atoms with van der Waals surface area (Å²) in [6.45, 7) is 1.03. The molecule has 1 aliphatic heterocycles. The van der Waals surface area contributed by atoms with Gasteiger partial charge in [-0.25, -0.2) is 40.9 Å². The molecular weight excluding hydrogens is 489 g/mol. The molecule has 34 heavy (non-hydrogen) atoms.